The van der Waals surface area contributed by atoms with Gasteiger partial charge in [0.25, 0.3) is 5.91 Å². The van der Waals surface area contributed by atoms with Crippen LogP contribution in [-0.4, -0.2) is 11.0 Å². The molecule has 4 heteroatoms. The second-order valence-corrected chi connectivity index (χ2v) is 4.39. The van der Waals surface area contributed by atoms with Crippen molar-refractivity contribution < 1.29 is 14.6 Å². The van der Waals surface area contributed by atoms with Gasteiger partial charge in [0.1, 0.15) is 5.75 Å². The number of benzene rings is 2. The Labute approximate surface area is 110 Å². The summed E-state index contributed by atoms with van der Waals surface area (Å²) in [6.07, 6.45) is -0.631. The number of hydrogen-bond acceptors (Lipinski definition) is 3. The van der Waals surface area contributed by atoms with Crippen molar-refractivity contribution in [3.63, 3.8) is 0 Å². The second kappa shape index (κ2) is 4.74. The molecule has 0 bridgehead atoms. The third-order valence-electron chi connectivity index (χ3n) is 3.07. The van der Waals surface area contributed by atoms with Crippen molar-refractivity contribution in [1.82, 2.24) is 0 Å². The van der Waals surface area contributed by atoms with Gasteiger partial charge in [-0.15, -0.1) is 0 Å². The van der Waals surface area contributed by atoms with E-state index in [2.05, 4.69) is 5.32 Å². The molecule has 0 saturated heterocycles. The first-order valence-electron chi connectivity index (χ1n) is 6.04. The van der Waals surface area contributed by atoms with Crippen LogP contribution in [0.3, 0.4) is 0 Å². The van der Waals surface area contributed by atoms with Gasteiger partial charge in [-0.05, 0) is 17.7 Å². The van der Waals surface area contributed by atoms with Crippen LogP contribution in [0.5, 0.6) is 5.75 Å². The summed E-state index contributed by atoms with van der Waals surface area (Å²) in [6, 6.07) is 14.6. The number of carbonyl (C=O) groups excluding carboxylic acids is 1. The largest absolute Gasteiger partial charge is 0.474 e. The lowest BCUT2D eigenvalue weighted by atomic mass is 10.1. The summed E-state index contributed by atoms with van der Waals surface area (Å²) in [5, 5.41) is 11.9. The minimum absolute atomic E-state index is 0.0642. The summed E-state index contributed by atoms with van der Waals surface area (Å²) in [5.74, 6) is 0.416. The van der Waals surface area contributed by atoms with Gasteiger partial charge in [0, 0.05) is 5.56 Å². The normalized spacial score (nSPS) is 17.3. The summed E-state index contributed by atoms with van der Waals surface area (Å²) in [6.45, 7) is -0.0642. The number of fused-ring (bicyclic) bond motifs is 1. The zero-order chi connectivity index (χ0) is 13.2. The van der Waals surface area contributed by atoms with E-state index in [1.165, 1.54) is 0 Å². The molecule has 0 saturated carbocycles. The molecule has 0 radical (unpaired) electrons. The van der Waals surface area contributed by atoms with Gasteiger partial charge in [0.15, 0.2) is 0 Å². The van der Waals surface area contributed by atoms with Crippen LogP contribution in [-0.2, 0) is 11.4 Å². The van der Waals surface area contributed by atoms with Gasteiger partial charge in [0.05, 0.1) is 12.3 Å². The maximum absolute atomic E-state index is 12.1. The zero-order valence-corrected chi connectivity index (χ0v) is 10.2. The number of rotatable bonds is 2. The maximum atomic E-state index is 12.1. The third-order valence-corrected chi connectivity index (χ3v) is 3.07. The summed E-state index contributed by atoms with van der Waals surface area (Å²) in [5.41, 5.74) is 2.15. The highest BCUT2D eigenvalue weighted by Gasteiger charge is 2.28. The fourth-order valence-electron chi connectivity index (χ4n) is 2.10. The Balaban J connectivity index is 1.94. The Kier molecular flexibility index (Phi) is 2.93. The predicted molar refractivity (Wildman–Crippen MR) is 70.8 cm³/mol. The standard InChI is InChI=1S/C15H13NO3/c17-9-10-6-7-13-12(8-10)16-15(18)14(19-13)11-4-2-1-3-5-11/h1-8,14,17H,9H2,(H,16,18). The van der Waals surface area contributed by atoms with Gasteiger partial charge in [-0.1, -0.05) is 36.4 Å². The Morgan fingerprint density at radius 2 is 1.95 bits per heavy atom. The highest BCUT2D eigenvalue weighted by atomic mass is 16.5. The van der Waals surface area contributed by atoms with Crippen molar-refractivity contribution in [1.29, 1.82) is 0 Å². The second-order valence-electron chi connectivity index (χ2n) is 4.39. The Morgan fingerprint density at radius 1 is 1.16 bits per heavy atom. The maximum Gasteiger partial charge on any atom is 0.270 e. The first-order valence-corrected chi connectivity index (χ1v) is 6.04. The Hall–Kier alpha value is -2.33. The van der Waals surface area contributed by atoms with E-state index >= 15 is 0 Å². The van der Waals surface area contributed by atoms with Gasteiger partial charge in [-0.3, -0.25) is 4.79 Å². The van der Waals surface area contributed by atoms with Gasteiger partial charge in [-0.25, -0.2) is 0 Å². The molecule has 3 rings (SSSR count). The molecule has 96 valence electrons. The number of ether oxygens (including phenoxy) is 1. The summed E-state index contributed by atoms with van der Waals surface area (Å²) in [7, 11) is 0. The van der Waals surface area contributed by atoms with Crippen LogP contribution in [0.4, 0.5) is 5.69 Å². The molecule has 1 amide bonds. The van der Waals surface area contributed by atoms with E-state index in [1.807, 2.05) is 30.3 Å². The van der Waals surface area contributed by atoms with Gasteiger partial charge in [-0.2, -0.15) is 0 Å². The quantitative estimate of drug-likeness (QED) is 0.865. The van der Waals surface area contributed by atoms with Crippen LogP contribution >= 0.6 is 0 Å². The molecule has 1 heterocycles. The van der Waals surface area contributed by atoms with E-state index in [0.29, 0.717) is 11.4 Å². The molecule has 0 aromatic heterocycles. The van der Waals surface area contributed by atoms with Crippen LogP contribution < -0.4 is 10.1 Å². The Morgan fingerprint density at radius 3 is 2.68 bits per heavy atom. The van der Waals surface area contributed by atoms with Crippen LogP contribution in [0.1, 0.15) is 17.2 Å². The first kappa shape index (κ1) is 11.7. The van der Waals surface area contributed by atoms with Crippen LogP contribution in [0.25, 0.3) is 0 Å². The average Bonchev–Trinajstić information content (AvgIpc) is 2.47. The average molecular weight is 255 g/mol. The minimum atomic E-state index is -0.631. The number of hydrogen-bond donors (Lipinski definition) is 2. The SMILES string of the molecule is O=C1Nc2cc(CO)ccc2OC1c1ccccc1. The van der Waals surface area contributed by atoms with Crippen molar-refractivity contribution >= 4 is 11.6 Å². The number of aliphatic hydroxyl groups is 1. The molecule has 1 atom stereocenters. The lowest BCUT2D eigenvalue weighted by Crippen LogP contribution is -2.30. The van der Waals surface area contributed by atoms with Crippen molar-refractivity contribution in [3.05, 3.63) is 59.7 Å². The highest BCUT2D eigenvalue weighted by molar-refractivity contribution is 5.98. The molecular weight excluding hydrogens is 242 g/mol. The van der Waals surface area contributed by atoms with E-state index in [0.717, 1.165) is 11.1 Å². The topological polar surface area (TPSA) is 58.6 Å². The fourth-order valence-corrected chi connectivity index (χ4v) is 2.10. The summed E-state index contributed by atoms with van der Waals surface area (Å²) < 4.78 is 5.74. The van der Waals surface area contributed by atoms with E-state index < -0.39 is 6.10 Å². The predicted octanol–water partition coefficient (Wildman–Crippen LogP) is 2.25. The monoisotopic (exact) mass is 255 g/mol. The lowest BCUT2D eigenvalue weighted by Gasteiger charge is -2.26. The number of nitrogens with one attached hydrogen (secondary N) is 1. The number of amides is 1. The summed E-state index contributed by atoms with van der Waals surface area (Å²) >= 11 is 0. The van der Waals surface area contributed by atoms with Crippen molar-refractivity contribution in [2.45, 2.75) is 12.7 Å². The third kappa shape index (κ3) is 2.18. The van der Waals surface area contributed by atoms with Crippen molar-refractivity contribution in [3.8, 4) is 5.75 Å². The molecule has 2 aromatic rings. The molecule has 0 fully saturated rings. The fraction of sp³-hybridized carbons (Fsp3) is 0.133. The number of anilines is 1. The van der Waals surface area contributed by atoms with Crippen molar-refractivity contribution in [2.75, 3.05) is 5.32 Å². The van der Waals surface area contributed by atoms with Crippen LogP contribution in [0, 0.1) is 0 Å². The number of carbonyl (C=O) groups is 1. The molecule has 1 unspecified atom stereocenters. The lowest BCUT2D eigenvalue weighted by molar-refractivity contribution is -0.123. The minimum Gasteiger partial charge on any atom is -0.474 e. The van der Waals surface area contributed by atoms with E-state index in [9.17, 15) is 4.79 Å². The molecular formula is C15H13NO3. The van der Waals surface area contributed by atoms with Crippen LogP contribution in [0.2, 0.25) is 0 Å². The van der Waals surface area contributed by atoms with E-state index in [-0.39, 0.29) is 12.5 Å². The molecule has 4 nitrogen and oxygen atoms in total. The molecule has 0 spiro atoms. The highest BCUT2D eigenvalue weighted by Crippen LogP contribution is 2.35. The van der Waals surface area contributed by atoms with E-state index in [4.69, 9.17) is 9.84 Å². The Bertz CT molecular complexity index is 610. The molecule has 19 heavy (non-hydrogen) atoms. The summed E-state index contributed by atoms with van der Waals surface area (Å²) in [4.78, 5) is 12.1. The molecule has 1 aliphatic rings. The molecule has 0 aliphatic carbocycles. The number of aliphatic hydroxyl groups excluding tert-OH is 1. The molecule has 2 N–H and O–H groups in total. The van der Waals surface area contributed by atoms with Gasteiger partial charge < -0.3 is 15.2 Å². The van der Waals surface area contributed by atoms with Gasteiger partial charge >= 0.3 is 0 Å². The van der Waals surface area contributed by atoms with E-state index in [1.54, 1.807) is 18.2 Å². The van der Waals surface area contributed by atoms with Gasteiger partial charge in [0.2, 0.25) is 6.10 Å². The molecule has 1 aliphatic heterocycles. The van der Waals surface area contributed by atoms with Crippen LogP contribution in [0.15, 0.2) is 48.5 Å². The molecule has 2 aromatic carbocycles. The smallest absolute Gasteiger partial charge is 0.270 e. The first-order chi connectivity index (χ1) is 9.28. The zero-order valence-electron chi connectivity index (χ0n) is 10.2. The van der Waals surface area contributed by atoms with Crippen molar-refractivity contribution in [2.24, 2.45) is 0 Å².